The van der Waals surface area contributed by atoms with Gasteiger partial charge in [-0.25, -0.2) is 9.07 Å². The first-order chi connectivity index (χ1) is 13.1. The molecule has 6 nitrogen and oxygen atoms in total. The van der Waals surface area contributed by atoms with Crippen LogP contribution < -0.4 is 14.8 Å². The van der Waals surface area contributed by atoms with Crippen molar-refractivity contribution < 1.29 is 18.7 Å². The van der Waals surface area contributed by atoms with Crippen molar-refractivity contribution in [2.24, 2.45) is 0 Å². The van der Waals surface area contributed by atoms with Gasteiger partial charge in [0.1, 0.15) is 19.0 Å². The molecule has 0 unspecified atom stereocenters. The van der Waals surface area contributed by atoms with E-state index < -0.39 is 0 Å². The quantitative estimate of drug-likeness (QED) is 0.693. The fourth-order valence-corrected chi connectivity index (χ4v) is 3.29. The van der Waals surface area contributed by atoms with Gasteiger partial charge >= 0.3 is 0 Å². The summed E-state index contributed by atoms with van der Waals surface area (Å²) in [7, 11) is 0. The molecular weight excluding hydrogens is 369 g/mol. The summed E-state index contributed by atoms with van der Waals surface area (Å²) in [6.07, 6.45) is 3.53. The van der Waals surface area contributed by atoms with Crippen molar-refractivity contribution in [3.63, 3.8) is 0 Å². The van der Waals surface area contributed by atoms with E-state index in [1.807, 2.05) is 12.3 Å². The number of carbonyl (C=O) groups excluding carboxylic acids is 1. The number of thioether (sulfide) groups is 1. The molecule has 0 atom stereocenters. The summed E-state index contributed by atoms with van der Waals surface area (Å²) in [5.41, 5.74) is 1.39. The number of amides is 1. The molecule has 0 radical (unpaired) electrons. The van der Waals surface area contributed by atoms with Crippen molar-refractivity contribution in [3.8, 4) is 17.2 Å². The van der Waals surface area contributed by atoms with Gasteiger partial charge in [0.05, 0.1) is 11.4 Å². The van der Waals surface area contributed by atoms with Gasteiger partial charge in [-0.2, -0.15) is 5.10 Å². The molecule has 0 spiro atoms. The lowest BCUT2D eigenvalue weighted by Crippen LogP contribution is -2.17. The van der Waals surface area contributed by atoms with Crippen molar-refractivity contribution >= 4 is 23.4 Å². The maximum absolute atomic E-state index is 13.4. The number of hydrogen-bond donors (Lipinski definition) is 1. The van der Waals surface area contributed by atoms with Crippen LogP contribution in [0, 0.1) is 5.82 Å². The predicted octanol–water partition coefficient (Wildman–Crippen LogP) is 3.76. The number of rotatable bonds is 4. The fourth-order valence-electron chi connectivity index (χ4n) is 2.73. The minimum absolute atomic E-state index is 0.223. The van der Waals surface area contributed by atoms with E-state index in [9.17, 15) is 9.18 Å². The zero-order chi connectivity index (χ0) is 18.8. The SMILES string of the molecule is CSc1cc2c(cc1NC(=O)c1ccn(-c3cccc(F)c3)n1)OCCO2. The Labute approximate surface area is 159 Å². The summed E-state index contributed by atoms with van der Waals surface area (Å²) in [6.45, 7) is 0.973. The summed E-state index contributed by atoms with van der Waals surface area (Å²) in [5.74, 6) is 0.533. The maximum atomic E-state index is 13.4. The number of nitrogens with zero attached hydrogens (tertiary/aromatic N) is 2. The number of fused-ring (bicyclic) bond motifs is 1. The summed E-state index contributed by atoms with van der Waals surface area (Å²) in [4.78, 5) is 13.5. The number of ether oxygens (including phenoxy) is 2. The van der Waals surface area contributed by atoms with E-state index in [-0.39, 0.29) is 17.4 Å². The average Bonchev–Trinajstić information content (AvgIpc) is 3.18. The molecule has 4 rings (SSSR count). The first-order valence-electron chi connectivity index (χ1n) is 8.24. The number of hydrogen-bond acceptors (Lipinski definition) is 5. The number of nitrogens with one attached hydrogen (secondary N) is 1. The van der Waals surface area contributed by atoms with Crippen molar-refractivity contribution in [1.82, 2.24) is 9.78 Å². The summed E-state index contributed by atoms with van der Waals surface area (Å²) in [6, 6.07) is 11.2. The highest BCUT2D eigenvalue weighted by Gasteiger charge is 2.18. The van der Waals surface area contributed by atoms with Gasteiger partial charge in [-0.1, -0.05) is 6.07 Å². The van der Waals surface area contributed by atoms with E-state index in [4.69, 9.17) is 9.47 Å². The smallest absolute Gasteiger partial charge is 0.276 e. The molecule has 1 aliphatic rings. The number of benzene rings is 2. The van der Waals surface area contributed by atoms with Gasteiger partial charge < -0.3 is 14.8 Å². The van der Waals surface area contributed by atoms with E-state index in [1.54, 1.807) is 30.5 Å². The second-order valence-corrected chi connectivity index (χ2v) is 6.62. The standard InChI is InChI=1S/C19H16FN3O3S/c1-27-18-11-17-16(25-7-8-26-17)10-15(18)21-19(24)14-5-6-23(22-14)13-4-2-3-12(20)9-13/h2-6,9-11H,7-8H2,1H3,(H,21,24). The highest BCUT2D eigenvalue weighted by molar-refractivity contribution is 7.98. The number of aromatic nitrogens is 2. The molecule has 8 heteroatoms. The van der Waals surface area contributed by atoms with Crippen molar-refractivity contribution in [2.75, 3.05) is 24.8 Å². The van der Waals surface area contributed by atoms with E-state index in [0.29, 0.717) is 36.1 Å². The third kappa shape index (κ3) is 3.61. The molecule has 0 saturated carbocycles. The van der Waals surface area contributed by atoms with Crippen LogP contribution in [0.15, 0.2) is 53.6 Å². The minimum atomic E-state index is -0.366. The lowest BCUT2D eigenvalue weighted by Gasteiger charge is -2.20. The van der Waals surface area contributed by atoms with Crippen molar-refractivity contribution in [2.45, 2.75) is 4.90 Å². The molecule has 1 aliphatic heterocycles. The molecule has 138 valence electrons. The van der Waals surface area contributed by atoms with Crippen LogP contribution in [0.3, 0.4) is 0 Å². The van der Waals surface area contributed by atoms with Crippen LogP contribution in [0.25, 0.3) is 5.69 Å². The Morgan fingerprint density at radius 1 is 1.19 bits per heavy atom. The molecule has 0 fully saturated rings. The zero-order valence-corrected chi connectivity index (χ0v) is 15.3. The van der Waals surface area contributed by atoms with Gasteiger partial charge in [-0.15, -0.1) is 11.8 Å². The molecule has 2 aromatic carbocycles. The third-order valence-corrected chi connectivity index (χ3v) is 4.78. The summed E-state index contributed by atoms with van der Waals surface area (Å²) >= 11 is 1.49. The van der Waals surface area contributed by atoms with E-state index in [0.717, 1.165) is 4.90 Å². The zero-order valence-electron chi connectivity index (χ0n) is 14.4. The lowest BCUT2D eigenvalue weighted by atomic mass is 10.2. The predicted molar refractivity (Wildman–Crippen MR) is 101 cm³/mol. The number of anilines is 1. The Bertz CT molecular complexity index is 1010. The van der Waals surface area contributed by atoms with E-state index in [2.05, 4.69) is 10.4 Å². The highest BCUT2D eigenvalue weighted by atomic mass is 32.2. The van der Waals surface area contributed by atoms with E-state index in [1.165, 1.54) is 28.6 Å². The minimum Gasteiger partial charge on any atom is -0.486 e. The topological polar surface area (TPSA) is 65.4 Å². The Kier molecular flexibility index (Phi) is 4.72. The van der Waals surface area contributed by atoms with Crippen LogP contribution in [-0.4, -0.2) is 35.2 Å². The van der Waals surface area contributed by atoms with Gasteiger partial charge in [0, 0.05) is 17.2 Å². The van der Waals surface area contributed by atoms with Crippen LogP contribution in [0.5, 0.6) is 11.5 Å². The normalized spacial score (nSPS) is 12.7. The van der Waals surface area contributed by atoms with Crippen molar-refractivity contribution in [1.29, 1.82) is 0 Å². The molecule has 2 heterocycles. The number of carbonyl (C=O) groups is 1. The molecule has 3 aromatic rings. The first-order valence-corrected chi connectivity index (χ1v) is 9.47. The Morgan fingerprint density at radius 2 is 1.96 bits per heavy atom. The molecule has 1 N–H and O–H groups in total. The molecule has 27 heavy (non-hydrogen) atoms. The molecule has 0 saturated heterocycles. The lowest BCUT2D eigenvalue weighted by molar-refractivity contribution is 0.102. The summed E-state index contributed by atoms with van der Waals surface area (Å²) < 4.78 is 26.0. The molecular formula is C19H16FN3O3S. The van der Waals surface area contributed by atoms with E-state index >= 15 is 0 Å². The monoisotopic (exact) mass is 385 g/mol. The molecule has 1 aromatic heterocycles. The Morgan fingerprint density at radius 3 is 2.70 bits per heavy atom. The first kappa shape index (κ1) is 17.4. The van der Waals surface area contributed by atoms with Crippen LogP contribution in [0.1, 0.15) is 10.5 Å². The Balaban J connectivity index is 1.58. The summed E-state index contributed by atoms with van der Waals surface area (Å²) in [5, 5.41) is 7.09. The van der Waals surface area contributed by atoms with Crippen LogP contribution in [0.2, 0.25) is 0 Å². The molecule has 0 bridgehead atoms. The Hall–Kier alpha value is -3.00. The third-order valence-electron chi connectivity index (χ3n) is 4.01. The second-order valence-electron chi connectivity index (χ2n) is 5.78. The second kappa shape index (κ2) is 7.32. The van der Waals surface area contributed by atoms with Gasteiger partial charge in [-0.3, -0.25) is 4.79 Å². The van der Waals surface area contributed by atoms with Gasteiger partial charge in [0.25, 0.3) is 5.91 Å². The highest BCUT2D eigenvalue weighted by Crippen LogP contribution is 2.39. The van der Waals surface area contributed by atoms with Crippen LogP contribution in [-0.2, 0) is 0 Å². The average molecular weight is 385 g/mol. The van der Waals surface area contributed by atoms with Gasteiger partial charge in [0.2, 0.25) is 0 Å². The fraction of sp³-hybridized carbons (Fsp3) is 0.158. The van der Waals surface area contributed by atoms with Crippen LogP contribution >= 0.6 is 11.8 Å². The number of halogens is 1. The van der Waals surface area contributed by atoms with Gasteiger partial charge in [-0.05, 0) is 36.6 Å². The molecule has 0 aliphatic carbocycles. The van der Waals surface area contributed by atoms with Crippen molar-refractivity contribution in [3.05, 3.63) is 60.2 Å². The largest absolute Gasteiger partial charge is 0.486 e. The van der Waals surface area contributed by atoms with Gasteiger partial charge in [0.15, 0.2) is 17.2 Å². The molecule has 1 amide bonds. The maximum Gasteiger partial charge on any atom is 0.276 e. The van der Waals surface area contributed by atoms with Crippen LogP contribution in [0.4, 0.5) is 10.1 Å².